The van der Waals surface area contributed by atoms with Crippen molar-refractivity contribution >= 4 is 11.8 Å². The number of hydrogen-bond acceptors (Lipinski definition) is 5. The Morgan fingerprint density at radius 3 is 2.71 bits per heavy atom. The monoisotopic (exact) mass is 257 g/mol. The summed E-state index contributed by atoms with van der Waals surface area (Å²) in [6.45, 7) is 1.31. The Kier molecular flexibility index (Phi) is 6.18. The molecule has 0 aliphatic rings. The number of phenolic OH excluding ortho intramolecular Hbond substituents is 2. The van der Waals surface area contributed by atoms with Crippen molar-refractivity contribution in [1.82, 2.24) is 5.32 Å². The van der Waals surface area contributed by atoms with E-state index in [1.165, 1.54) is 12.1 Å². The lowest BCUT2D eigenvalue weighted by atomic mass is 10.1. The van der Waals surface area contributed by atoms with Crippen LogP contribution in [0.4, 0.5) is 0 Å². The van der Waals surface area contributed by atoms with Crippen LogP contribution in [-0.4, -0.2) is 40.4 Å². The summed E-state index contributed by atoms with van der Waals surface area (Å²) < 4.78 is 0. The molecule has 0 amide bonds. The van der Waals surface area contributed by atoms with Gasteiger partial charge in [-0.3, -0.25) is 0 Å². The van der Waals surface area contributed by atoms with Crippen molar-refractivity contribution in [2.24, 2.45) is 0 Å². The molecule has 1 atom stereocenters. The van der Waals surface area contributed by atoms with E-state index in [1.54, 1.807) is 17.8 Å². The fraction of sp³-hybridized carbons (Fsp3) is 0.500. The van der Waals surface area contributed by atoms with E-state index < -0.39 is 6.10 Å². The maximum absolute atomic E-state index is 9.83. The molecule has 0 saturated heterocycles. The molecule has 0 aliphatic carbocycles. The molecule has 1 aromatic rings. The van der Waals surface area contributed by atoms with Crippen LogP contribution < -0.4 is 5.32 Å². The van der Waals surface area contributed by atoms with Crippen molar-refractivity contribution in [2.45, 2.75) is 12.5 Å². The minimum Gasteiger partial charge on any atom is -0.504 e. The molecular formula is C12H19NO3S. The van der Waals surface area contributed by atoms with Crippen molar-refractivity contribution < 1.29 is 15.3 Å². The molecule has 96 valence electrons. The van der Waals surface area contributed by atoms with Crippen LogP contribution in [0.3, 0.4) is 0 Å². The first kappa shape index (κ1) is 14.2. The highest BCUT2D eigenvalue weighted by Crippen LogP contribution is 2.27. The Balaban J connectivity index is 2.36. The van der Waals surface area contributed by atoms with Crippen LogP contribution in [0.1, 0.15) is 18.1 Å². The Morgan fingerprint density at radius 2 is 2.06 bits per heavy atom. The van der Waals surface area contributed by atoms with Crippen LogP contribution in [0.25, 0.3) is 0 Å². The van der Waals surface area contributed by atoms with Gasteiger partial charge in [-0.2, -0.15) is 11.8 Å². The van der Waals surface area contributed by atoms with Crippen LogP contribution in [-0.2, 0) is 0 Å². The molecule has 0 spiro atoms. The maximum Gasteiger partial charge on any atom is 0.157 e. The van der Waals surface area contributed by atoms with Gasteiger partial charge in [0.15, 0.2) is 11.5 Å². The second kappa shape index (κ2) is 7.42. The third kappa shape index (κ3) is 4.85. The van der Waals surface area contributed by atoms with E-state index in [4.69, 9.17) is 5.11 Å². The van der Waals surface area contributed by atoms with Gasteiger partial charge in [0.1, 0.15) is 0 Å². The summed E-state index contributed by atoms with van der Waals surface area (Å²) >= 11 is 1.80. The van der Waals surface area contributed by atoms with E-state index in [2.05, 4.69) is 11.6 Å². The highest BCUT2D eigenvalue weighted by atomic mass is 32.2. The number of nitrogens with one attached hydrogen (secondary N) is 1. The molecule has 0 aliphatic heterocycles. The van der Waals surface area contributed by atoms with Gasteiger partial charge in [-0.15, -0.1) is 0 Å². The summed E-state index contributed by atoms with van der Waals surface area (Å²) in [5, 5.41) is 31.4. The standard InChI is InChI=1S/C12H19NO3S/c1-17-6-2-5-13-8-12(16)9-3-4-10(14)11(15)7-9/h3-4,7,12-16H,2,5-6,8H2,1H3. The number of benzene rings is 1. The normalized spacial score (nSPS) is 12.6. The number of hydrogen-bond donors (Lipinski definition) is 4. The molecule has 0 fully saturated rings. The molecule has 0 saturated carbocycles. The average Bonchev–Trinajstić information content (AvgIpc) is 2.32. The maximum atomic E-state index is 9.83. The summed E-state index contributed by atoms with van der Waals surface area (Å²) in [5.41, 5.74) is 0.595. The summed E-state index contributed by atoms with van der Waals surface area (Å²) in [4.78, 5) is 0. The average molecular weight is 257 g/mol. The molecule has 0 bridgehead atoms. The first-order valence-electron chi connectivity index (χ1n) is 5.54. The zero-order valence-corrected chi connectivity index (χ0v) is 10.7. The second-order valence-electron chi connectivity index (χ2n) is 3.81. The van der Waals surface area contributed by atoms with Crippen molar-refractivity contribution in [1.29, 1.82) is 0 Å². The van der Waals surface area contributed by atoms with Crippen LogP contribution >= 0.6 is 11.8 Å². The Bertz CT molecular complexity index is 347. The van der Waals surface area contributed by atoms with E-state index in [0.29, 0.717) is 12.1 Å². The lowest BCUT2D eigenvalue weighted by molar-refractivity contribution is 0.174. The number of thioether (sulfide) groups is 1. The van der Waals surface area contributed by atoms with Crippen LogP contribution in [0.15, 0.2) is 18.2 Å². The van der Waals surface area contributed by atoms with Crippen molar-refractivity contribution in [3.05, 3.63) is 23.8 Å². The van der Waals surface area contributed by atoms with E-state index in [0.717, 1.165) is 18.7 Å². The van der Waals surface area contributed by atoms with Gasteiger partial charge in [0.05, 0.1) is 6.10 Å². The van der Waals surface area contributed by atoms with E-state index in [9.17, 15) is 10.2 Å². The zero-order valence-electron chi connectivity index (χ0n) is 9.89. The number of rotatable bonds is 7. The first-order valence-corrected chi connectivity index (χ1v) is 6.94. The quantitative estimate of drug-likeness (QED) is 0.440. The minimum atomic E-state index is -0.671. The molecule has 4 nitrogen and oxygen atoms in total. The smallest absolute Gasteiger partial charge is 0.157 e. The van der Waals surface area contributed by atoms with Crippen molar-refractivity contribution in [3.8, 4) is 11.5 Å². The summed E-state index contributed by atoms with van der Waals surface area (Å²) in [7, 11) is 0. The molecule has 4 N–H and O–H groups in total. The van der Waals surface area contributed by atoms with Gasteiger partial charge in [0, 0.05) is 6.54 Å². The Hall–Kier alpha value is -0.910. The van der Waals surface area contributed by atoms with E-state index >= 15 is 0 Å². The largest absolute Gasteiger partial charge is 0.504 e. The molecule has 1 rings (SSSR count). The Morgan fingerprint density at radius 1 is 1.29 bits per heavy atom. The van der Waals surface area contributed by atoms with Crippen molar-refractivity contribution in [2.75, 3.05) is 25.1 Å². The molecular weight excluding hydrogens is 238 g/mol. The van der Waals surface area contributed by atoms with Gasteiger partial charge >= 0.3 is 0 Å². The zero-order chi connectivity index (χ0) is 12.7. The first-order chi connectivity index (χ1) is 8.15. The fourth-order valence-corrected chi connectivity index (χ4v) is 1.88. The molecule has 17 heavy (non-hydrogen) atoms. The third-order valence-corrected chi connectivity index (χ3v) is 3.12. The molecule has 0 radical (unpaired) electrons. The molecule has 1 unspecified atom stereocenters. The lowest BCUT2D eigenvalue weighted by Gasteiger charge is -2.12. The van der Waals surface area contributed by atoms with Gasteiger partial charge in [0.25, 0.3) is 0 Å². The predicted molar refractivity (Wildman–Crippen MR) is 70.6 cm³/mol. The Labute approximate surface area is 106 Å². The topological polar surface area (TPSA) is 72.7 Å². The van der Waals surface area contributed by atoms with E-state index in [1.807, 2.05) is 0 Å². The summed E-state index contributed by atoms with van der Waals surface area (Å²) in [6.07, 6.45) is 2.46. The number of aromatic hydroxyl groups is 2. The number of aliphatic hydroxyl groups is 1. The summed E-state index contributed by atoms with van der Waals surface area (Å²) in [5.74, 6) is 0.723. The minimum absolute atomic E-state index is 0.172. The highest BCUT2D eigenvalue weighted by molar-refractivity contribution is 7.98. The van der Waals surface area contributed by atoms with E-state index in [-0.39, 0.29) is 11.5 Å². The molecule has 0 aromatic heterocycles. The van der Waals surface area contributed by atoms with Crippen LogP contribution in [0.2, 0.25) is 0 Å². The van der Waals surface area contributed by atoms with Gasteiger partial charge in [-0.05, 0) is 42.7 Å². The van der Waals surface area contributed by atoms with Crippen LogP contribution in [0.5, 0.6) is 11.5 Å². The molecule has 0 heterocycles. The van der Waals surface area contributed by atoms with Crippen LogP contribution in [0, 0.1) is 0 Å². The van der Waals surface area contributed by atoms with Gasteiger partial charge in [-0.1, -0.05) is 6.07 Å². The highest BCUT2D eigenvalue weighted by Gasteiger charge is 2.09. The molecule has 5 heteroatoms. The molecule has 1 aromatic carbocycles. The van der Waals surface area contributed by atoms with Gasteiger partial charge in [0.2, 0.25) is 0 Å². The van der Waals surface area contributed by atoms with Gasteiger partial charge in [-0.25, -0.2) is 0 Å². The third-order valence-electron chi connectivity index (χ3n) is 2.42. The fourth-order valence-electron chi connectivity index (χ4n) is 1.45. The van der Waals surface area contributed by atoms with Crippen molar-refractivity contribution in [3.63, 3.8) is 0 Å². The van der Waals surface area contributed by atoms with Gasteiger partial charge < -0.3 is 20.6 Å². The summed E-state index contributed by atoms with van der Waals surface area (Å²) in [6, 6.07) is 4.36. The number of phenols is 2. The SMILES string of the molecule is CSCCCNCC(O)c1ccc(O)c(O)c1. The lowest BCUT2D eigenvalue weighted by Crippen LogP contribution is -2.22. The number of aliphatic hydroxyl groups excluding tert-OH is 1. The predicted octanol–water partition coefficient (Wildman–Crippen LogP) is 1.47. The second-order valence-corrected chi connectivity index (χ2v) is 4.80.